The van der Waals surface area contributed by atoms with E-state index in [-0.39, 0.29) is 5.91 Å². The lowest BCUT2D eigenvalue weighted by Gasteiger charge is -2.27. The molecule has 0 radical (unpaired) electrons. The highest BCUT2D eigenvalue weighted by molar-refractivity contribution is 7.89. The number of carbonyl (C=O) groups is 1. The summed E-state index contributed by atoms with van der Waals surface area (Å²) < 4.78 is 26.9. The number of aromatic nitrogens is 1. The third-order valence-corrected chi connectivity index (χ3v) is 7.68. The van der Waals surface area contributed by atoms with Crippen LogP contribution in [0.4, 0.5) is 5.82 Å². The highest BCUT2D eigenvalue weighted by atomic mass is 32.2. The molecule has 2 fully saturated rings. The zero-order valence-corrected chi connectivity index (χ0v) is 17.9. The van der Waals surface area contributed by atoms with E-state index in [4.69, 9.17) is 0 Å². The smallest absolute Gasteiger partial charge is 0.257 e. The number of hydrogen-bond donors (Lipinski definition) is 1. The van der Waals surface area contributed by atoms with Gasteiger partial charge in [-0.25, -0.2) is 13.4 Å². The summed E-state index contributed by atoms with van der Waals surface area (Å²) in [5, 5.41) is 3.24. The maximum absolute atomic E-state index is 12.9. The van der Waals surface area contributed by atoms with Gasteiger partial charge >= 0.3 is 0 Å². The van der Waals surface area contributed by atoms with E-state index in [0.717, 1.165) is 44.3 Å². The molecule has 0 unspecified atom stereocenters. The summed E-state index contributed by atoms with van der Waals surface area (Å²) in [5.74, 6) is 0.569. The number of likely N-dealkylation sites (tertiary alicyclic amines) is 1. The molecule has 2 saturated heterocycles. The van der Waals surface area contributed by atoms with Crippen molar-refractivity contribution >= 4 is 21.7 Å². The van der Waals surface area contributed by atoms with E-state index in [1.807, 2.05) is 17.0 Å². The molecular weight excluding hydrogens is 400 g/mol. The lowest BCUT2D eigenvalue weighted by molar-refractivity contribution is 0.0725. The molecule has 160 valence electrons. The fraction of sp³-hybridized carbons (Fsp3) is 0.455. The molecule has 1 aromatic heterocycles. The van der Waals surface area contributed by atoms with E-state index in [1.54, 1.807) is 34.8 Å². The Labute approximate surface area is 178 Å². The van der Waals surface area contributed by atoms with E-state index >= 15 is 0 Å². The minimum Gasteiger partial charge on any atom is -0.365 e. The molecule has 1 aromatic carbocycles. The van der Waals surface area contributed by atoms with Crippen LogP contribution in [0.1, 0.15) is 48.0 Å². The fourth-order valence-corrected chi connectivity index (χ4v) is 5.55. The third kappa shape index (κ3) is 4.49. The van der Waals surface area contributed by atoms with Crippen LogP contribution in [-0.4, -0.2) is 54.7 Å². The maximum Gasteiger partial charge on any atom is 0.257 e. The summed E-state index contributed by atoms with van der Waals surface area (Å²) in [4.78, 5) is 19.5. The molecule has 0 atom stereocenters. The van der Waals surface area contributed by atoms with Gasteiger partial charge in [0.1, 0.15) is 5.82 Å². The predicted octanol–water partition coefficient (Wildman–Crippen LogP) is 3.10. The number of sulfonamides is 1. The molecule has 0 saturated carbocycles. The van der Waals surface area contributed by atoms with Crippen LogP contribution < -0.4 is 5.32 Å². The number of anilines is 1. The minimum atomic E-state index is -3.40. The van der Waals surface area contributed by atoms with Gasteiger partial charge in [-0.1, -0.05) is 12.1 Å². The largest absolute Gasteiger partial charge is 0.365 e. The van der Waals surface area contributed by atoms with Crippen molar-refractivity contribution in [1.29, 1.82) is 0 Å². The predicted molar refractivity (Wildman–Crippen MR) is 116 cm³/mol. The van der Waals surface area contributed by atoms with Crippen molar-refractivity contribution in [2.75, 3.05) is 31.5 Å². The van der Waals surface area contributed by atoms with Gasteiger partial charge in [0.25, 0.3) is 5.91 Å². The second-order valence-corrected chi connectivity index (χ2v) is 9.80. The van der Waals surface area contributed by atoms with Crippen LogP contribution in [-0.2, 0) is 16.6 Å². The lowest BCUT2D eigenvalue weighted by atomic mass is 10.1. The van der Waals surface area contributed by atoms with Gasteiger partial charge in [-0.15, -0.1) is 0 Å². The van der Waals surface area contributed by atoms with Gasteiger partial charge in [-0.2, -0.15) is 4.31 Å². The molecule has 2 aromatic rings. The standard InChI is InChI=1S/C22H28N4O3S/c27-22(25-13-2-1-3-14-25)20-7-6-12-23-21(20)24-17-18-8-10-19(11-9-18)30(28,29)26-15-4-5-16-26/h6-12H,1-5,13-17H2,(H,23,24). The Morgan fingerprint density at radius 2 is 1.60 bits per heavy atom. The molecule has 0 bridgehead atoms. The van der Waals surface area contributed by atoms with E-state index in [2.05, 4.69) is 10.3 Å². The summed E-state index contributed by atoms with van der Waals surface area (Å²) in [6.07, 6.45) is 6.77. The first-order chi connectivity index (χ1) is 14.6. The zero-order valence-electron chi connectivity index (χ0n) is 17.1. The average molecular weight is 429 g/mol. The molecule has 8 heteroatoms. The number of benzene rings is 1. The van der Waals surface area contributed by atoms with Gasteiger partial charge in [0.05, 0.1) is 10.5 Å². The second-order valence-electron chi connectivity index (χ2n) is 7.86. The van der Waals surface area contributed by atoms with Crippen molar-refractivity contribution in [3.8, 4) is 0 Å². The summed E-state index contributed by atoms with van der Waals surface area (Å²) in [7, 11) is -3.40. The van der Waals surface area contributed by atoms with Crippen LogP contribution in [0, 0.1) is 0 Å². The molecule has 2 aliphatic heterocycles. The Morgan fingerprint density at radius 1 is 0.933 bits per heavy atom. The Kier molecular flexibility index (Phi) is 6.34. The van der Waals surface area contributed by atoms with Crippen LogP contribution >= 0.6 is 0 Å². The van der Waals surface area contributed by atoms with Crippen LogP contribution in [0.15, 0.2) is 47.5 Å². The van der Waals surface area contributed by atoms with Crippen molar-refractivity contribution in [3.05, 3.63) is 53.7 Å². The Hall–Kier alpha value is -2.45. The fourth-order valence-electron chi connectivity index (χ4n) is 4.03. The first kappa shape index (κ1) is 20.8. The normalized spacial score (nSPS) is 17.8. The third-order valence-electron chi connectivity index (χ3n) is 5.77. The molecule has 7 nitrogen and oxygen atoms in total. The number of carbonyl (C=O) groups excluding carboxylic acids is 1. The number of hydrogen-bond acceptors (Lipinski definition) is 5. The summed E-state index contributed by atoms with van der Waals surface area (Å²) in [6.45, 7) is 3.24. The first-order valence-corrected chi connectivity index (χ1v) is 12.1. The van der Waals surface area contributed by atoms with Gasteiger partial charge in [-0.05, 0) is 61.9 Å². The van der Waals surface area contributed by atoms with Crippen molar-refractivity contribution in [1.82, 2.24) is 14.2 Å². The number of amides is 1. The molecule has 1 N–H and O–H groups in total. The molecule has 3 heterocycles. The molecule has 0 aliphatic carbocycles. The quantitative estimate of drug-likeness (QED) is 0.764. The number of rotatable bonds is 6. The van der Waals surface area contributed by atoms with Gasteiger partial charge in [0, 0.05) is 38.9 Å². The first-order valence-electron chi connectivity index (χ1n) is 10.6. The molecular formula is C22H28N4O3S. The maximum atomic E-state index is 12.9. The van der Waals surface area contributed by atoms with Crippen molar-refractivity contribution in [3.63, 3.8) is 0 Å². The second kappa shape index (κ2) is 9.14. The highest BCUT2D eigenvalue weighted by Crippen LogP contribution is 2.22. The van der Waals surface area contributed by atoms with E-state index in [1.165, 1.54) is 6.42 Å². The monoisotopic (exact) mass is 428 g/mol. The van der Waals surface area contributed by atoms with Crippen molar-refractivity contribution in [2.45, 2.75) is 43.5 Å². The van der Waals surface area contributed by atoms with E-state index in [0.29, 0.717) is 35.9 Å². The topological polar surface area (TPSA) is 82.6 Å². The SMILES string of the molecule is O=C(c1cccnc1NCc1ccc(S(=O)(=O)N2CCCC2)cc1)N1CCCCC1. The molecule has 4 rings (SSSR count). The number of nitrogens with zero attached hydrogens (tertiary/aromatic N) is 3. The molecule has 1 amide bonds. The zero-order chi connectivity index (χ0) is 21.0. The van der Waals surface area contributed by atoms with E-state index in [9.17, 15) is 13.2 Å². The highest BCUT2D eigenvalue weighted by Gasteiger charge is 2.27. The van der Waals surface area contributed by atoms with Crippen LogP contribution in [0.5, 0.6) is 0 Å². The lowest BCUT2D eigenvalue weighted by Crippen LogP contribution is -2.36. The number of pyridine rings is 1. The number of piperidine rings is 1. The van der Waals surface area contributed by atoms with Crippen LogP contribution in [0.3, 0.4) is 0 Å². The van der Waals surface area contributed by atoms with Gasteiger partial charge in [0.2, 0.25) is 10.0 Å². The molecule has 2 aliphatic rings. The summed E-state index contributed by atoms with van der Waals surface area (Å²) >= 11 is 0. The summed E-state index contributed by atoms with van der Waals surface area (Å²) in [5.41, 5.74) is 1.50. The Bertz CT molecular complexity index is 980. The van der Waals surface area contributed by atoms with E-state index < -0.39 is 10.0 Å². The Balaban J connectivity index is 1.43. The summed E-state index contributed by atoms with van der Waals surface area (Å²) in [6, 6.07) is 10.5. The minimum absolute atomic E-state index is 0.0114. The van der Waals surface area contributed by atoms with Crippen LogP contribution in [0.2, 0.25) is 0 Å². The van der Waals surface area contributed by atoms with Crippen molar-refractivity contribution < 1.29 is 13.2 Å². The Morgan fingerprint density at radius 3 is 2.30 bits per heavy atom. The average Bonchev–Trinajstić information content (AvgIpc) is 3.34. The molecule has 0 spiro atoms. The van der Waals surface area contributed by atoms with Crippen LogP contribution in [0.25, 0.3) is 0 Å². The number of nitrogens with one attached hydrogen (secondary N) is 1. The van der Waals surface area contributed by atoms with Gasteiger partial charge < -0.3 is 10.2 Å². The van der Waals surface area contributed by atoms with Gasteiger partial charge in [0.15, 0.2) is 0 Å². The van der Waals surface area contributed by atoms with Gasteiger partial charge in [-0.3, -0.25) is 4.79 Å². The van der Waals surface area contributed by atoms with Crippen molar-refractivity contribution in [2.24, 2.45) is 0 Å². The molecule has 30 heavy (non-hydrogen) atoms.